The molecule has 1 aromatic carbocycles. The lowest BCUT2D eigenvalue weighted by molar-refractivity contribution is 0.0413. The zero-order valence-corrected chi connectivity index (χ0v) is 16.7. The van der Waals surface area contributed by atoms with E-state index in [0.29, 0.717) is 11.6 Å². The second-order valence-corrected chi connectivity index (χ2v) is 9.20. The predicted octanol–water partition coefficient (Wildman–Crippen LogP) is 1.68. The molecule has 0 radical (unpaired) electrons. The topological polar surface area (TPSA) is 98.3 Å². The van der Waals surface area contributed by atoms with Crippen molar-refractivity contribution in [2.24, 2.45) is 11.7 Å². The maximum Gasteiger partial charge on any atom is 0.272 e. The number of benzene rings is 1. The van der Waals surface area contributed by atoms with E-state index in [4.69, 9.17) is 11.1 Å². The summed E-state index contributed by atoms with van der Waals surface area (Å²) in [7, 11) is 0. The van der Waals surface area contributed by atoms with E-state index in [1.807, 2.05) is 6.07 Å². The fourth-order valence-corrected chi connectivity index (χ4v) is 5.83. The number of hydrogen-bond acceptors (Lipinski definition) is 7. The van der Waals surface area contributed by atoms with Gasteiger partial charge in [-0.2, -0.15) is 4.37 Å². The fourth-order valence-electron chi connectivity index (χ4n) is 5.03. The summed E-state index contributed by atoms with van der Waals surface area (Å²) in [4.78, 5) is 17.7. The van der Waals surface area contributed by atoms with E-state index in [9.17, 15) is 4.79 Å². The van der Waals surface area contributed by atoms with E-state index in [1.165, 1.54) is 17.7 Å². The number of carbonyl (C=O) groups is 1. The molecule has 8 heteroatoms. The number of amides is 1. The third-order valence-electron chi connectivity index (χ3n) is 6.67. The molecule has 4 fully saturated rings. The number of aromatic nitrogens is 1. The van der Waals surface area contributed by atoms with Crippen molar-refractivity contribution in [3.8, 4) is 0 Å². The Morgan fingerprint density at radius 3 is 2.79 bits per heavy atom. The van der Waals surface area contributed by atoms with Gasteiger partial charge in [0.1, 0.15) is 5.69 Å². The first kappa shape index (κ1) is 18.0. The summed E-state index contributed by atoms with van der Waals surface area (Å²) in [5.41, 5.74) is 7.09. The van der Waals surface area contributed by atoms with Gasteiger partial charge in [0.2, 0.25) is 0 Å². The Hall–Kier alpha value is -2.03. The molecule has 28 heavy (non-hydrogen) atoms. The Labute approximate surface area is 168 Å². The van der Waals surface area contributed by atoms with Gasteiger partial charge in [0.25, 0.3) is 5.91 Å². The first-order chi connectivity index (χ1) is 13.6. The number of hydrogen-bond donors (Lipinski definition) is 3. The third kappa shape index (κ3) is 2.91. The van der Waals surface area contributed by atoms with E-state index in [2.05, 4.69) is 31.6 Å². The van der Waals surface area contributed by atoms with Crippen molar-refractivity contribution in [3.05, 3.63) is 23.9 Å². The molecule has 4 N–H and O–H groups in total. The number of piperidine rings is 3. The molecule has 2 bridgehead atoms. The van der Waals surface area contributed by atoms with Crippen LogP contribution in [0, 0.1) is 11.3 Å². The Bertz CT molecular complexity index is 921. The van der Waals surface area contributed by atoms with Crippen molar-refractivity contribution < 1.29 is 4.79 Å². The number of rotatable bonds is 4. The molecule has 6 rings (SSSR count). The SMILES string of the molecule is N=C[C@]1(NC(=O)c2nsc3cc(N4CCC(N)C4)ccc23)CN2CCC1CC2. The molecule has 1 aromatic heterocycles. The van der Waals surface area contributed by atoms with Crippen LogP contribution in [0.4, 0.5) is 5.69 Å². The Kier molecular flexibility index (Phi) is 4.37. The standard InChI is InChI=1S/C20H26N6OS/c21-11-20(12-25-6-3-13(20)4-7-25)23-19(27)18-16-2-1-15(9-17(16)28-24-18)26-8-5-14(22)10-26/h1-2,9,11,13-14,21H,3-8,10,12,22H2,(H,23,27)/t14?,20-/m0/s1. The minimum atomic E-state index is -0.560. The zero-order chi connectivity index (χ0) is 19.3. The van der Waals surface area contributed by atoms with E-state index in [1.54, 1.807) is 0 Å². The second-order valence-electron chi connectivity index (χ2n) is 8.40. The highest BCUT2D eigenvalue weighted by Gasteiger charge is 2.46. The molecule has 2 atom stereocenters. The fraction of sp³-hybridized carbons (Fsp3) is 0.550. The van der Waals surface area contributed by atoms with Gasteiger partial charge in [-0.25, -0.2) is 0 Å². The minimum Gasteiger partial charge on any atom is -0.370 e. The van der Waals surface area contributed by atoms with E-state index in [0.717, 1.165) is 67.8 Å². The van der Waals surface area contributed by atoms with Gasteiger partial charge in [0, 0.05) is 43.0 Å². The summed E-state index contributed by atoms with van der Waals surface area (Å²) in [5.74, 6) is 0.175. The molecule has 1 unspecified atom stereocenters. The molecule has 1 amide bonds. The summed E-state index contributed by atoms with van der Waals surface area (Å²) in [6.07, 6.45) is 4.53. The molecular weight excluding hydrogens is 372 g/mol. The Morgan fingerprint density at radius 2 is 2.14 bits per heavy atom. The van der Waals surface area contributed by atoms with Gasteiger partial charge < -0.3 is 26.3 Å². The van der Waals surface area contributed by atoms with Crippen LogP contribution in [0.2, 0.25) is 0 Å². The first-order valence-electron chi connectivity index (χ1n) is 10.0. The van der Waals surface area contributed by atoms with Crippen LogP contribution in [-0.4, -0.2) is 65.7 Å². The number of carbonyl (C=O) groups excluding carboxylic acids is 1. The van der Waals surface area contributed by atoms with Crippen molar-refractivity contribution in [1.82, 2.24) is 14.6 Å². The largest absolute Gasteiger partial charge is 0.370 e. The molecule has 0 spiro atoms. The summed E-state index contributed by atoms with van der Waals surface area (Å²) in [5, 5.41) is 12.1. The first-order valence-corrected chi connectivity index (χ1v) is 10.8. The van der Waals surface area contributed by atoms with Crippen LogP contribution in [-0.2, 0) is 0 Å². The lowest BCUT2D eigenvalue weighted by atomic mass is 9.73. The monoisotopic (exact) mass is 398 g/mol. The van der Waals surface area contributed by atoms with Crippen molar-refractivity contribution >= 4 is 39.4 Å². The van der Waals surface area contributed by atoms with E-state index >= 15 is 0 Å². The van der Waals surface area contributed by atoms with Crippen LogP contribution in [0.1, 0.15) is 29.8 Å². The normalized spacial score (nSPS) is 32.0. The molecule has 148 valence electrons. The van der Waals surface area contributed by atoms with Crippen LogP contribution >= 0.6 is 11.5 Å². The number of nitrogens with zero attached hydrogens (tertiary/aromatic N) is 3. The predicted molar refractivity (Wildman–Crippen MR) is 113 cm³/mol. The molecule has 5 heterocycles. The number of nitrogens with one attached hydrogen (secondary N) is 2. The number of fused-ring (bicyclic) bond motifs is 4. The third-order valence-corrected chi connectivity index (χ3v) is 7.47. The average molecular weight is 399 g/mol. The van der Waals surface area contributed by atoms with Gasteiger partial charge in [0.15, 0.2) is 0 Å². The maximum absolute atomic E-state index is 13.1. The quantitative estimate of drug-likeness (QED) is 0.681. The highest BCUT2D eigenvalue weighted by Crippen LogP contribution is 2.35. The summed E-state index contributed by atoms with van der Waals surface area (Å²) in [6.45, 7) is 4.71. The highest BCUT2D eigenvalue weighted by molar-refractivity contribution is 7.13. The van der Waals surface area contributed by atoms with Crippen molar-refractivity contribution in [2.45, 2.75) is 30.8 Å². The second kappa shape index (κ2) is 6.79. The van der Waals surface area contributed by atoms with Crippen molar-refractivity contribution in [1.29, 1.82) is 5.41 Å². The molecule has 4 aliphatic rings. The van der Waals surface area contributed by atoms with Crippen molar-refractivity contribution in [3.63, 3.8) is 0 Å². The van der Waals surface area contributed by atoms with Crippen LogP contribution in [0.25, 0.3) is 10.1 Å². The van der Waals surface area contributed by atoms with Gasteiger partial charge in [0.05, 0.1) is 10.2 Å². The summed E-state index contributed by atoms with van der Waals surface area (Å²) >= 11 is 1.36. The molecule has 7 nitrogen and oxygen atoms in total. The van der Waals surface area contributed by atoms with E-state index in [-0.39, 0.29) is 11.9 Å². The Balaban J connectivity index is 1.40. The van der Waals surface area contributed by atoms with Gasteiger partial charge in [-0.05, 0) is 68.0 Å². The van der Waals surface area contributed by atoms with E-state index < -0.39 is 5.54 Å². The summed E-state index contributed by atoms with van der Waals surface area (Å²) in [6, 6.07) is 6.41. The van der Waals surface area contributed by atoms with Gasteiger partial charge in [-0.3, -0.25) is 4.79 Å². The molecule has 4 saturated heterocycles. The molecule has 4 aliphatic heterocycles. The molecular formula is C20H26N6OS. The molecule has 2 aromatic rings. The molecule has 0 aliphatic carbocycles. The summed E-state index contributed by atoms with van der Waals surface area (Å²) < 4.78 is 5.48. The van der Waals surface area contributed by atoms with Gasteiger partial charge in [-0.1, -0.05) is 0 Å². The average Bonchev–Trinajstić information content (AvgIpc) is 3.34. The zero-order valence-electron chi connectivity index (χ0n) is 15.9. The Morgan fingerprint density at radius 1 is 1.32 bits per heavy atom. The highest BCUT2D eigenvalue weighted by atomic mass is 32.1. The lowest BCUT2D eigenvalue weighted by Gasteiger charge is -2.51. The van der Waals surface area contributed by atoms with Crippen LogP contribution in [0.5, 0.6) is 0 Å². The number of anilines is 1. The van der Waals surface area contributed by atoms with Gasteiger partial charge in [-0.15, -0.1) is 0 Å². The van der Waals surface area contributed by atoms with Crippen LogP contribution in [0.15, 0.2) is 18.2 Å². The maximum atomic E-state index is 13.1. The lowest BCUT2D eigenvalue weighted by Crippen LogP contribution is -2.67. The minimum absolute atomic E-state index is 0.167. The smallest absolute Gasteiger partial charge is 0.272 e. The van der Waals surface area contributed by atoms with Gasteiger partial charge >= 0.3 is 0 Å². The van der Waals surface area contributed by atoms with Crippen LogP contribution in [0.3, 0.4) is 0 Å². The molecule has 0 saturated carbocycles. The van der Waals surface area contributed by atoms with Crippen molar-refractivity contribution in [2.75, 3.05) is 37.6 Å². The number of nitrogens with two attached hydrogens (primary N) is 1. The van der Waals surface area contributed by atoms with Crippen LogP contribution < -0.4 is 16.0 Å².